The Kier molecular flexibility index (Phi) is 10.5. The molecule has 0 aromatic heterocycles. The van der Waals surface area contributed by atoms with Crippen LogP contribution in [0.3, 0.4) is 0 Å². The van der Waals surface area contributed by atoms with Gasteiger partial charge in [-0.3, -0.25) is 4.79 Å². The zero-order valence-electron chi connectivity index (χ0n) is 11.1. The van der Waals surface area contributed by atoms with Crippen LogP contribution >= 0.6 is 24.8 Å². The number of amides is 1. The number of hydrogen-bond acceptors (Lipinski definition) is 3. The molecule has 1 amide bonds. The molecule has 110 valence electrons. The third-order valence-corrected chi connectivity index (χ3v) is 2.04. The van der Waals surface area contributed by atoms with Crippen molar-refractivity contribution in [2.24, 2.45) is 0 Å². The van der Waals surface area contributed by atoms with Crippen molar-refractivity contribution in [2.45, 2.75) is 19.9 Å². The SMILES string of the molecule is CNCC(=O)Nc1ccc(F)cc1NC(C)C.Cl.Cl. The Hall–Kier alpha value is -1.04. The first-order valence-electron chi connectivity index (χ1n) is 5.53. The molecule has 1 aromatic rings. The third-order valence-electron chi connectivity index (χ3n) is 2.04. The molecule has 0 saturated heterocycles. The van der Waals surface area contributed by atoms with Gasteiger partial charge in [-0.15, -0.1) is 24.8 Å². The number of anilines is 2. The largest absolute Gasteiger partial charge is 0.381 e. The van der Waals surface area contributed by atoms with Crippen molar-refractivity contribution in [3.8, 4) is 0 Å². The van der Waals surface area contributed by atoms with Gasteiger partial charge in [0.1, 0.15) is 5.82 Å². The van der Waals surface area contributed by atoms with Crippen molar-refractivity contribution < 1.29 is 9.18 Å². The molecule has 0 spiro atoms. The van der Waals surface area contributed by atoms with E-state index in [1.54, 1.807) is 13.1 Å². The number of likely N-dealkylation sites (N-methyl/N-ethyl adjacent to an activating group) is 1. The summed E-state index contributed by atoms with van der Waals surface area (Å²) >= 11 is 0. The van der Waals surface area contributed by atoms with E-state index in [1.165, 1.54) is 12.1 Å². The molecule has 1 rings (SSSR count). The summed E-state index contributed by atoms with van der Waals surface area (Å²) in [6, 6.07) is 4.40. The van der Waals surface area contributed by atoms with E-state index in [0.29, 0.717) is 11.4 Å². The fourth-order valence-electron chi connectivity index (χ4n) is 1.41. The normalized spacial score (nSPS) is 9.32. The highest BCUT2D eigenvalue weighted by atomic mass is 35.5. The van der Waals surface area contributed by atoms with E-state index in [1.807, 2.05) is 13.8 Å². The Morgan fingerprint density at radius 1 is 1.26 bits per heavy atom. The van der Waals surface area contributed by atoms with Gasteiger partial charge in [0.2, 0.25) is 5.91 Å². The quantitative estimate of drug-likeness (QED) is 0.783. The van der Waals surface area contributed by atoms with Crippen LogP contribution < -0.4 is 16.0 Å². The van der Waals surface area contributed by atoms with Gasteiger partial charge in [-0.25, -0.2) is 4.39 Å². The average molecular weight is 312 g/mol. The highest BCUT2D eigenvalue weighted by molar-refractivity contribution is 5.95. The second-order valence-electron chi connectivity index (χ2n) is 4.07. The molecule has 0 fully saturated rings. The molecule has 4 nitrogen and oxygen atoms in total. The topological polar surface area (TPSA) is 53.2 Å². The first-order chi connectivity index (χ1) is 8.02. The minimum absolute atomic E-state index is 0. The van der Waals surface area contributed by atoms with Crippen LogP contribution in [0.2, 0.25) is 0 Å². The zero-order valence-corrected chi connectivity index (χ0v) is 12.8. The molecule has 0 aliphatic heterocycles. The monoisotopic (exact) mass is 311 g/mol. The average Bonchev–Trinajstić information content (AvgIpc) is 2.21. The molecule has 1 aromatic carbocycles. The number of rotatable bonds is 5. The molecule has 0 atom stereocenters. The second-order valence-corrected chi connectivity index (χ2v) is 4.07. The maximum atomic E-state index is 13.1. The van der Waals surface area contributed by atoms with Crippen LogP contribution in [0.5, 0.6) is 0 Å². The van der Waals surface area contributed by atoms with Crippen molar-refractivity contribution in [1.82, 2.24) is 5.32 Å². The summed E-state index contributed by atoms with van der Waals surface area (Å²) in [7, 11) is 1.69. The number of halogens is 3. The first-order valence-corrected chi connectivity index (χ1v) is 5.53. The van der Waals surface area contributed by atoms with Crippen molar-refractivity contribution >= 4 is 42.1 Å². The predicted octanol–water partition coefficient (Wildman–Crippen LogP) is 2.65. The number of hydrogen-bond donors (Lipinski definition) is 3. The Labute approximate surface area is 125 Å². The fraction of sp³-hybridized carbons (Fsp3) is 0.417. The molecule has 0 aliphatic rings. The van der Waals surface area contributed by atoms with Crippen molar-refractivity contribution in [1.29, 1.82) is 0 Å². The van der Waals surface area contributed by atoms with Crippen LogP contribution in [-0.4, -0.2) is 25.5 Å². The molecule has 19 heavy (non-hydrogen) atoms. The summed E-state index contributed by atoms with van der Waals surface area (Å²) in [6.45, 7) is 4.12. The molecule has 0 heterocycles. The van der Waals surface area contributed by atoms with Gasteiger partial charge < -0.3 is 16.0 Å². The van der Waals surface area contributed by atoms with Crippen LogP contribution in [0, 0.1) is 5.82 Å². The summed E-state index contributed by atoms with van der Waals surface area (Å²) in [5, 5.41) is 8.55. The molecule has 0 bridgehead atoms. The second kappa shape index (κ2) is 9.83. The maximum absolute atomic E-state index is 13.1. The summed E-state index contributed by atoms with van der Waals surface area (Å²) in [5.74, 6) is -0.495. The highest BCUT2D eigenvalue weighted by Crippen LogP contribution is 2.23. The lowest BCUT2D eigenvalue weighted by Gasteiger charge is -2.15. The molecule has 0 saturated carbocycles. The van der Waals surface area contributed by atoms with Gasteiger partial charge in [-0.1, -0.05) is 0 Å². The molecule has 7 heteroatoms. The van der Waals surface area contributed by atoms with Gasteiger partial charge >= 0.3 is 0 Å². The molecular formula is C12H20Cl2FN3O. The van der Waals surface area contributed by atoms with Gasteiger partial charge in [-0.05, 0) is 39.1 Å². The van der Waals surface area contributed by atoms with E-state index in [9.17, 15) is 9.18 Å². The first kappa shape index (κ1) is 20.3. The lowest BCUT2D eigenvalue weighted by atomic mass is 10.2. The Balaban J connectivity index is 0. The van der Waals surface area contributed by atoms with Crippen LogP contribution in [0.1, 0.15) is 13.8 Å². The summed E-state index contributed by atoms with van der Waals surface area (Å²) in [5.41, 5.74) is 1.17. The zero-order chi connectivity index (χ0) is 12.8. The van der Waals surface area contributed by atoms with Crippen molar-refractivity contribution in [2.75, 3.05) is 24.2 Å². The van der Waals surface area contributed by atoms with Crippen molar-refractivity contribution in [3.63, 3.8) is 0 Å². The number of carbonyl (C=O) groups excluding carboxylic acids is 1. The van der Waals surface area contributed by atoms with Crippen molar-refractivity contribution in [3.05, 3.63) is 24.0 Å². The van der Waals surface area contributed by atoms with E-state index in [-0.39, 0.29) is 49.1 Å². The lowest BCUT2D eigenvalue weighted by Crippen LogP contribution is -2.25. The fourth-order valence-corrected chi connectivity index (χ4v) is 1.41. The van der Waals surface area contributed by atoms with Gasteiger partial charge in [0.15, 0.2) is 0 Å². The lowest BCUT2D eigenvalue weighted by molar-refractivity contribution is -0.115. The number of benzene rings is 1. The van der Waals surface area contributed by atoms with E-state index >= 15 is 0 Å². The number of nitrogens with one attached hydrogen (secondary N) is 3. The van der Waals surface area contributed by atoms with E-state index in [2.05, 4.69) is 16.0 Å². The molecule has 0 radical (unpaired) electrons. The highest BCUT2D eigenvalue weighted by Gasteiger charge is 2.08. The molecule has 3 N–H and O–H groups in total. The smallest absolute Gasteiger partial charge is 0.238 e. The minimum atomic E-state index is -0.334. The summed E-state index contributed by atoms with van der Waals surface area (Å²) in [4.78, 5) is 11.4. The Morgan fingerprint density at radius 3 is 2.42 bits per heavy atom. The van der Waals surface area contributed by atoms with E-state index < -0.39 is 0 Å². The van der Waals surface area contributed by atoms with Crippen LogP contribution in [-0.2, 0) is 4.79 Å². The Bertz CT molecular complexity index is 403. The van der Waals surface area contributed by atoms with Gasteiger partial charge in [0.25, 0.3) is 0 Å². The van der Waals surface area contributed by atoms with Crippen LogP contribution in [0.4, 0.5) is 15.8 Å². The summed E-state index contributed by atoms with van der Waals surface area (Å²) in [6.07, 6.45) is 0. The maximum Gasteiger partial charge on any atom is 0.238 e. The van der Waals surface area contributed by atoms with Gasteiger partial charge in [0, 0.05) is 6.04 Å². The molecule has 0 aliphatic carbocycles. The van der Waals surface area contributed by atoms with Gasteiger partial charge in [-0.2, -0.15) is 0 Å². The predicted molar refractivity (Wildman–Crippen MR) is 82.2 cm³/mol. The molecule has 0 unspecified atom stereocenters. The Morgan fingerprint density at radius 2 is 1.89 bits per heavy atom. The van der Waals surface area contributed by atoms with E-state index in [0.717, 1.165) is 0 Å². The van der Waals surface area contributed by atoms with Gasteiger partial charge in [0.05, 0.1) is 17.9 Å². The van der Waals surface area contributed by atoms with E-state index in [4.69, 9.17) is 0 Å². The number of carbonyl (C=O) groups is 1. The van der Waals surface area contributed by atoms with Crippen LogP contribution in [0.15, 0.2) is 18.2 Å². The van der Waals surface area contributed by atoms with Crippen LogP contribution in [0.25, 0.3) is 0 Å². The summed E-state index contributed by atoms with van der Waals surface area (Å²) < 4.78 is 13.1. The molecular weight excluding hydrogens is 292 g/mol. The third kappa shape index (κ3) is 7.20. The standard InChI is InChI=1S/C12H18FN3O.2ClH/c1-8(2)15-11-6-9(13)4-5-10(11)16-12(17)7-14-3;;/h4-6,8,14-15H,7H2,1-3H3,(H,16,17);2*1H. The minimum Gasteiger partial charge on any atom is -0.381 e.